The van der Waals surface area contributed by atoms with Crippen LogP contribution >= 0.6 is 0 Å². The number of ether oxygens (including phenoxy) is 13. The van der Waals surface area contributed by atoms with Gasteiger partial charge < -0.3 is 61.6 Å². The van der Waals surface area contributed by atoms with Crippen LogP contribution < -0.4 is 0 Å². The van der Waals surface area contributed by atoms with Crippen molar-refractivity contribution in [1.82, 2.24) is 0 Å². The number of ketones is 1. The molecule has 0 N–H and O–H groups in total. The summed E-state index contributed by atoms with van der Waals surface area (Å²) in [5, 5.41) is 0. The summed E-state index contributed by atoms with van der Waals surface area (Å²) in [6, 6.07) is 8.24. The number of benzene rings is 1. The van der Waals surface area contributed by atoms with Crippen LogP contribution in [0.15, 0.2) is 43.0 Å². The van der Waals surface area contributed by atoms with Gasteiger partial charge in [0.2, 0.25) is 0 Å². The highest BCUT2D eigenvalue weighted by molar-refractivity contribution is 6.40. The highest BCUT2D eigenvalue weighted by Gasteiger charge is 2.17. The van der Waals surface area contributed by atoms with Crippen molar-refractivity contribution >= 4 is 17.7 Å². The van der Waals surface area contributed by atoms with E-state index in [2.05, 4.69) is 6.58 Å². The number of carbonyl (C=O) groups excluding carboxylic acids is 3. The molecular weight excluding hydrogens is 676 g/mol. The molecule has 0 spiro atoms. The summed E-state index contributed by atoms with van der Waals surface area (Å²) in [7, 11) is 0. The lowest BCUT2D eigenvalue weighted by molar-refractivity contribution is -0.140. The van der Waals surface area contributed by atoms with Crippen molar-refractivity contribution in [1.29, 1.82) is 0 Å². The Balaban J connectivity index is 1.65. The van der Waals surface area contributed by atoms with Crippen molar-refractivity contribution in [2.24, 2.45) is 0 Å². The molecule has 292 valence electrons. The van der Waals surface area contributed by atoms with Crippen LogP contribution in [0.2, 0.25) is 0 Å². The lowest BCUT2D eigenvalue weighted by Gasteiger charge is -2.09. The summed E-state index contributed by atoms with van der Waals surface area (Å²) in [4.78, 5) is 34.5. The molecule has 1 aromatic rings. The van der Waals surface area contributed by atoms with E-state index in [0.29, 0.717) is 144 Å². The van der Waals surface area contributed by atoms with Gasteiger partial charge in [0.1, 0.15) is 13.2 Å². The molecule has 0 bridgehead atoms. The molecule has 0 amide bonds. The second-order valence-corrected chi connectivity index (χ2v) is 9.94. The Labute approximate surface area is 300 Å². The van der Waals surface area contributed by atoms with E-state index in [0.717, 1.165) is 6.08 Å². The van der Waals surface area contributed by atoms with Crippen LogP contribution in [-0.2, 0) is 71.2 Å². The molecule has 0 aromatic heterocycles. The minimum atomic E-state index is -0.902. The van der Waals surface area contributed by atoms with Gasteiger partial charge in [0.05, 0.1) is 145 Å². The van der Waals surface area contributed by atoms with Crippen LogP contribution in [-0.4, -0.2) is 176 Å². The molecule has 16 nitrogen and oxygen atoms in total. The first-order valence-electron chi connectivity index (χ1n) is 17.1. The lowest BCUT2D eigenvalue weighted by Crippen LogP contribution is -2.20. The first kappa shape index (κ1) is 46.2. The van der Waals surface area contributed by atoms with Crippen molar-refractivity contribution in [3.8, 4) is 0 Å². The molecule has 1 aromatic carbocycles. The molecule has 51 heavy (non-hydrogen) atoms. The normalized spacial score (nSPS) is 11.1. The summed E-state index contributed by atoms with van der Waals surface area (Å²) >= 11 is 0. The van der Waals surface area contributed by atoms with E-state index in [4.69, 9.17) is 61.6 Å². The SMILES string of the molecule is C=CC(=O)OCCOCCOCCOCCOCCOCCOCCOCCOCCOCCOCCOCCOC(=O)C(=O)c1ccccc1. The van der Waals surface area contributed by atoms with Crippen LogP contribution in [0.3, 0.4) is 0 Å². The van der Waals surface area contributed by atoms with Gasteiger partial charge in [-0.3, -0.25) is 4.79 Å². The van der Waals surface area contributed by atoms with E-state index in [1.807, 2.05) is 0 Å². The summed E-state index contributed by atoms with van der Waals surface area (Å²) < 4.78 is 69.2. The molecule has 0 radical (unpaired) electrons. The molecule has 0 fully saturated rings. The Morgan fingerprint density at radius 3 is 0.922 bits per heavy atom. The Morgan fingerprint density at radius 2 is 0.647 bits per heavy atom. The number of hydrogen-bond donors (Lipinski definition) is 0. The topological polar surface area (TPSA) is 171 Å². The average molecular weight is 733 g/mol. The van der Waals surface area contributed by atoms with Crippen molar-refractivity contribution in [2.45, 2.75) is 0 Å². The fourth-order valence-electron chi connectivity index (χ4n) is 3.53. The zero-order valence-corrected chi connectivity index (χ0v) is 29.7. The fourth-order valence-corrected chi connectivity index (χ4v) is 3.53. The van der Waals surface area contributed by atoms with Crippen LogP contribution in [0, 0.1) is 0 Å². The Morgan fingerprint density at radius 1 is 0.392 bits per heavy atom. The van der Waals surface area contributed by atoms with Gasteiger partial charge in [-0.1, -0.05) is 36.9 Å². The fraction of sp³-hybridized carbons (Fsp3) is 0.686. The predicted octanol–water partition coefficient (Wildman–Crippen LogP) is 1.32. The molecular formula is C35H56O16. The zero-order chi connectivity index (χ0) is 36.7. The molecule has 0 unspecified atom stereocenters. The van der Waals surface area contributed by atoms with Crippen LogP contribution in [0.25, 0.3) is 0 Å². The second kappa shape index (κ2) is 36.9. The summed E-state index contributed by atoms with van der Waals surface area (Å²) in [6.45, 7) is 12.9. The predicted molar refractivity (Wildman–Crippen MR) is 182 cm³/mol. The van der Waals surface area contributed by atoms with Gasteiger partial charge in [0, 0.05) is 11.6 Å². The van der Waals surface area contributed by atoms with Crippen molar-refractivity contribution in [2.75, 3.05) is 159 Å². The average Bonchev–Trinajstić information content (AvgIpc) is 3.15. The van der Waals surface area contributed by atoms with Gasteiger partial charge in [-0.2, -0.15) is 0 Å². The van der Waals surface area contributed by atoms with Crippen molar-refractivity contribution in [3.63, 3.8) is 0 Å². The minimum Gasteiger partial charge on any atom is -0.460 e. The van der Waals surface area contributed by atoms with Gasteiger partial charge in [0.15, 0.2) is 0 Å². The van der Waals surface area contributed by atoms with E-state index in [1.54, 1.807) is 30.3 Å². The standard InChI is InChI=1S/C35H56O16/c1-2-33(36)50-30-28-48-26-24-46-22-20-44-18-16-42-14-12-40-10-8-39-9-11-41-13-15-43-17-19-45-21-23-47-25-27-49-29-31-51-35(38)34(37)32-6-4-3-5-7-32/h2-7H,1,8-31H2. The van der Waals surface area contributed by atoms with Gasteiger partial charge in [-0.05, 0) is 0 Å². The largest absolute Gasteiger partial charge is 0.460 e. The van der Waals surface area contributed by atoms with Crippen LogP contribution in [0.4, 0.5) is 0 Å². The molecule has 0 saturated heterocycles. The van der Waals surface area contributed by atoms with E-state index in [1.165, 1.54) is 0 Å². The summed E-state index contributed by atoms with van der Waals surface area (Å²) in [5.41, 5.74) is 0.291. The first-order chi connectivity index (χ1) is 25.1. The van der Waals surface area contributed by atoms with Crippen molar-refractivity contribution < 1.29 is 76.0 Å². The summed E-state index contributed by atoms with van der Waals surface area (Å²) in [5.74, 6) is -2.05. The first-order valence-corrected chi connectivity index (χ1v) is 17.1. The van der Waals surface area contributed by atoms with E-state index in [9.17, 15) is 14.4 Å². The smallest absolute Gasteiger partial charge is 0.379 e. The lowest BCUT2D eigenvalue weighted by atomic mass is 10.1. The summed E-state index contributed by atoms with van der Waals surface area (Å²) in [6.07, 6.45) is 1.11. The maximum atomic E-state index is 11.9. The van der Waals surface area contributed by atoms with E-state index >= 15 is 0 Å². The molecule has 0 saturated carbocycles. The highest BCUT2D eigenvalue weighted by atomic mass is 16.6. The van der Waals surface area contributed by atoms with Crippen LogP contribution in [0.5, 0.6) is 0 Å². The number of hydrogen-bond acceptors (Lipinski definition) is 16. The van der Waals surface area contributed by atoms with E-state index < -0.39 is 17.7 Å². The number of carbonyl (C=O) groups is 3. The minimum absolute atomic E-state index is 0.00839. The molecule has 1 rings (SSSR count). The second-order valence-electron chi connectivity index (χ2n) is 9.94. The third-order valence-corrected chi connectivity index (χ3v) is 6.04. The molecule has 0 aliphatic carbocycles. The Kier molecular flexibility index (Phi) is 33.4. The monoisotopic (exact) mass is 732 g/mol. The molecule has 0 atom stereocenters. The number of Topliss-reactive ketones (excluding diaryl/α,β-unsaturated/α-hetero) is 1. The molecule has 0 heterocycles. The van der Waals surface area contributed by atoms with Gasteiger partial charge in [0.25, 0.3) is 5.78 Å². The number of rotatable bonds is 39. The molecule has 0 aliphatic heterocycles. The Hall–Kier alpha value is -2.87. The third-order valence-electron chi connectivity index (χ3n) is 6.04. The zero-order valence-electron chi connectivity index (χ0n) is 29.7. The highest BCUT2D eigenvalue weighted by Crippen LogP contribution is 2.01. The quantitative estimate of drug-likeness (QED) is 0.0312. The maximum Gasteiger partial charge on any atom is 0.379 e. The van der Waals surface area contributed by atoms with Gasteiger partial charge >= 0.3 is 11.9 Å². The van der Waals surface area contributed by atoms with Gasteiger partial charge in [-0.15, -0.1) is 0 Å². The van der Waals surface area contributed by atoms with E-state index in [-0.39, 0.29) is 19.8 Å². The third kappa shape index (κ3) is 31.6. The van der Waals surface area contributed by atoms with Crippen LogP contribution in [0.1, 0.15) is 10.4 Å². The Bertz CT molecular complexity index is 964. The van der Waals surface area contributed by atoms with Crippen molar-refractivity contribution in [3.05, 3.63) is 48.6 Å². The van der Waals surface area contributed by atoms with Gasteiger partial charge in [-0.25, -0.2) is 9.59 Å². The molecule has 16 heteroatoms. The number of esters is 2. The maximum absolute atomic E-state index is 11.9. The molecule has 0 aliphatic rings.